The fourth-order valence-electron chi connectivity index (χ4n) is 2.99. The number of nitrogens with zero attached hydrogens (tertiary/aromatic N) is 2. The highest BCUT2D eigenvalue weighted by Gasteiger charge is 2.22. The Hall–Kier alpha value is -1.28. The lowest BCUT2D eigenvalue weighted by atomic mass is 9.97. The van der Waals surface area contributed by atoms with Crippen LogP contribution in [0.15, 0.2) is 58.0 Å². The highest BCUT2D eigenvalue weighted by molar-refractivity contribution is 9.10. The van der Waals surface area contributed by atoms with Crippen LogP contribution in [0.4, 0.5) is 0 Å². The zero-order valence-electron chi connectivity index (χ0n) is 13.9. The van der Waals surface area contributed by atoms with Crippen LogP contribution >= 0.6 is 15.9 Å². The molecule has 3 rings (SSSR count). The summed E-state index contributed by atoms with van der Waals surface area (Å²) in [6.07, 6.45) is 3.81. The Labute approximate surface area is 157 Å². The number of aromatic nitrogens is 1. The second-order valence-corrected chi connectivity index (χ2v) is 9.03. The number of hydrogen-bond acceptors (Lipinski definition) is 4. The van der Waals surface area contributed by atoms with Gasteiger partial charge in [0, 0.05) is 23.8 Å². The maximum Gasteiger partial charge on any atom is 0.240 e. The van der Waals surface area contributed by atoms with E-state index in [1.807, 2.05) is 24.4 Å². The lowest BCUT2D eigenvalue weighted by molar-refractivity contribution is 0.177. The molecule has 25 heavy (non-hydrogen) atoms. The molecule has 0 bridgehead atoms. The molecule has 1 aromatic heterocycles. The first-order valence-electron chi connectivity index (χ1n) is 8.40. The van der Waals surface area contributed by atoms with Crippen LogP contribution < -0.4 is 4.72 Å². The normalized spacial score (nSPS) is 16.8. The topological polar surface area (TPSA) is 62.3 Å². The molecule has 5 nitrogen and oxygen atoms in total. The number of hydrogen-bond donors (Lipinski definition) is 1. The minimum Gasteiger partial charge on any atom is -0.297 e. The van der Waals surface area contributed by atoms with Crippen molar-refractivity contribution >= 4 is 26.0 Å². The van der Waals surface area contributed by atoms with Crippen molar-refractivity contribution in [2.24, 2.45) is 5.92 Å². The minimum atomic E-state index is -3.43. The van der Waals surface area contributed by atoms with Crippen molar-refractivity contribution in [2.75, 3.05) is 19.6 Å². The molecule has 1 saturated heterocycles. The predicted molar refractivity (Wildman–Crippen MR) is 102 cm³/mol. The number of halogens is 1. The highest BCUT2D eigenvalue weighted by atomic mass is 79.9. The van der Waals surface area contributed by atoms with Crippen LogP contribution in [-0.4, -0.2) is 37.9 Å². The van der Waals surface area contributed by atoms with Crippen LogP contribution in [0, 0.1) is 5.92 Å². The standard InChI is InChI=1S/C18H22BrN3O2S/c19-16-4-6-18(7-5-16)25(23,24)21-13-15-8-11-22(12-9-15)14-17-3-1-2-10-20-17/h1-7,10,15,21H,8-9,11-14H2. The van der Waals surface area contributed by atoms with Crippen molar-refractivity contribution < 1.29 is 8.42 Å². The van der Waals surface area contributed by atoms with E-state index in [1.54, 1.807) is 24.3 Å². The van der Waals surface area contributed by atoms with Gasteiger partial charge in [0.2, 0.25) is 10.0 Å². The van der Waals surface area contributed by atoms with Gasteiger partial charge < -0.3 is 0 Å². The molecule has 0 radical (unpaired) electrons. The molecular formula is C18H22BrN3O2S. The van der Waals surface area contributed by atoms with Crippen LogP contribution in [0.3, 0.4) is 0 Å². The Kier molecular flexibility index (Phi) is 6.22. The van der Waals surface area contributed by atoms with Crippen molar-refractivity contribution in [2.45, 2.75) is 24.3 Å². The van der Waals surface area contributed by atoms with Gasteiger partial charge in [-0.05, 0) is 68.2 Å². The quantitative estimate of drug-likeness (QED) is 0.775. The van der Waals surface area contributed by atoms with Gasteiger partial charge in [0.15, 0.2) is 0 Å². The number of rotatable bonds is 6. The number of pyridine rings is 1. The molecule has 2 aromatic rings. The zero-order chi connectivity index (χ0) is 17.7. The Morgan fingerprint density at radius 1 is 1.12 bits per heavy atom. The Morgan fingerprint density at radius 2 is 1.84 bits per heavy atom. The van der Waals surface area contributed by atoms with Crippen molar-refractivity contribution in [1.29, 1.82) is 0 Å². The monoisotopic (exact) mass is 423 g/mol. The summed E-state index contributed by atoms with van der Waals surface area (Å²) in [4.78, 5) is 7.05. The van der Waals surface area contributed by atoms with Gasteiger partial charge in [0.1, 0.15) is 0 Å². The summed E-state index contributed by atoms with van der Waals surface area (Å²) < 4.78 is 28.3. The third-order valence-corrected chi connectivity index (χ3v) is 6.47. The summed E-state index contributed by atoms with van der Waals surface area (Å²) in [7, 11) is -3.43. The smallest absolute Gasteiger partial charge is 0.240 e. The third kappa shape index (κ3) is 5.34. The first-order valence-corrected chi connectivity index (χ1v) is 10.7. The van der Waals surface area contributed by atoms with E-state index < -0.39 is 10.0 Å². The van der Waals surface area contributed by atoms with Gasteiger partial charge in [0.05, 0.1) is 10.6 Å². The van der Waals surface area contributed by atoms with Gasteiger partial charge in [-0.1, -0.05) is 22.0 Å². The summed E-state index contributed by atoms with van der Waals surface area (Å²) in [6.45, 7) is 3.30. The molecule has 1 fully saturated rings. The number of piperidine rings is 1. The van der Waals surface area contributed by atoms with Gasteiger partial charge in [-0.25, -0.2) is 13.1 Å². The molecular weight excluding hydrogens is 402 g/mol. The second kappa shape index (κ2) is 8.40. The maximum atomic E-state index is 12.3. The lowest BCUT2D eigenvalue weighted by Gasteiger charge is -2.31. The number of benzene rings is 1. The van der Waals surface area contributed by atoms with Crippen LogP contribution in [-0.2, 0) is 16.6 Å². The van der Waals surface area contributed by atoms with Gasteiger partial charge >= 0.3 is 0 Å². The number of nitrogens with one attached hydrogen (secondary N) is 1. The van der Waals surface area contributed by atoms with Gasteiger partial charge in [0.25, 0.3) is 0 Å². The second-order valence-electron chi connectivity index (χ2n) is 6.35. The Balaban J connectivity index is 1.47. The summed E-state index contributed by atoms with van der Waals surface area (Å²) in [6, 6.07) is 12.7. The van der Waals surface area contributed by atoms with Crippen LogP contribution in [0.25, 0.3) is 0 Å². The Bertz CT molecular complexity index is 774. The fraction of sp³-hybridized carbons (Fsp3) is 0.389. The molecule has 0 spiro atoms. The van der Waals surface area contributed by atoms with E-state index in [4.69, 9.17) is 0 Å². The first-order chi connectivity index (χ1) is 12.0. The lowest BCUT2D eigenvalue weighted by Crippen LogP contribution is -2.38. The van der Waals surface area contributed by atoms with Crippen LogP contribution in [0.5, 0.6) is 0 Å². The summed E-state index contributed by atoms with van der Waals surface area (Å²) in [5.74, 6) is 0.380. The van der Waals surface area contributed by atoms with E-state index in [9.17, 15) is 8.42 Å². The molecule has 1 aliphatic heterocycles. The van der Waals surface area contributed by atoms with E-state index >= 15 is 0 Å². The fourth-order valence-corrected chi connectivity index (χ4v) is 4.37. The SMILES string of the molecule is O=S(=O)(NCC1CCN(Cc2ccccn2)CC1)c1ccc(Br)cc1. The molecule has 1 aromatic carbocycles. The molecule has 7 heteroatoms. The predicted octanol–water partition coefficient (Wildman–Crippen LogP) is 3.03. The van der Waals surface area contributed by atoms with Gasteiger partial charge in [-0.2, -0.15) is 0 Å². The molecule has 2 heterocycles. The van der Waals surface area contributed by atoms with Crippen LogP contribution in [0.2, 0.25) is 0 Å². The average molecular weight is 424 g/mol. The number of likely N-dealkylation sites (tertiary alicyclic amines) is 1. The minimum absolute atomic E-state index is 0.309. The molecule has 1 N–H and O–H groups in total. The van der Waals surface area contributed by atoms with Gasteiger partial charge in [-0.15, -0.1) is 0 Å². The third-order valence-electron chi connectivity index (χ3n) is 4.50. The van der Waals surface area contributed by atoms with Crippen molar-refractivity contribution in [1.82, 2.24) is 14.6 Å². The summed E-state index contributed by atoms with van der Waals surface area (Å²) in [5.41, 5.74) is 1.08. The van der Waals surface area contributed by atoms with Crippen molar-refractivity contribution in [3.05, 3.63) is 58.8 Å². The Morgan fingerprint density at radius 3 is 2.48 bits per heavy atom. The van der Waals surface area contributed by atoms with Crippen LogP contribution in [0.1, 0.15) is 18.5 Å². The van der Waals surface area contributed by atoms with E-state index in [2.05, 4.69) is 30.5 Å². The maximum absolute atomic E-state index is 12.3. The van der Waals surface area contributed by atoms with E-state index in [0.717, 1.165) is 42.6 Å². The highest BCUT2D eigenvalue weighted by Crippen LogP contribution is 2.19. The largest absolute Gasteiger partial charge is 0.297 e. The molecule has 0 amide bonds. The summed E-state index contributed by atoms with van der Waals surface area (Å²) in [5, 5.41) is 0. The van der Waals surface area contributed by atoms with Crippen molar-refractivity contribution in [3.8, 4) is 0 Å². The number of sulfonamides is 1. The van der Waals surface area contributed by atoms with Gasteiger partial charge in [-0.3, -0.25) is 9.88 Å². The summed E-state index contributed by atoms with van der Waals surface area (Å²) >= 11 is 3.32. The van der Waals surface area contributed by atoms with E-state index in [1.165, 1.54) is 0 Å². The molecule has 0 unspecified atom stereocenters. The molecule has 0 saturated carbocycles. The zero-order valence-corrected chi connectivity index (χ0v) is 16.3. The van der Waals surface area contributed by atoms with E-state index in [-0.39, 0.29) is 0 Å². The first kappa shape index (κ1) is 18.5. The molecule has 134 valence electrons. The molecule has 0 aliphatic carbocycles. The van der Waals surface area contributed by atoms with Crippen molar-refractivity contribution in [3.63, 3.8) is 0 Å². The van der Waals surface area contributed by atoms with E-state index in [0.29, 0.717) is 17.4 Å². The molecule has 1 aliphatic rings. The average Bonchev–Trinajstić information content (AvgIpc) is 2.62. The molecule has 0 atom stereocenters.